The molecule has 0 bridgehead atoms. The van der Waals surface area contributed by atoms with Crippen molar-refractivity contribution in [1.29, 1.82) is 0 Å². The smallest absolute Gasteiger partial charge is 0.224 e. The topological polar surface area (TPSA) is 53.1 Å². The zero-order chi connectivity index (χ0) is 14.5. The Bertz CT molecular complexity index is 406. The van der Waals surface area contributed by atoms with Gasteiger partial charge >= 0.3 is 0 Å². The molecular weight excluding hydrogens is 262 g/mol. The van der Waals surface area contributed by atoms with E-state index in [0.717, 1.165) is 19.5 Å². The quantitative estimate of drug-likeness (QED) is 0.807. The zero-order valence-corrected chi connectivity index (χ0v) is 13.2. The van der Waals surface area contributed by atoms with Gasteiger partial charge in [0.2, 0.25) is 5.95 Å². The lowest BCUT2D eigenvalue weighted by Crippen LogP contribution is -2.44. The molecule has 0 saturated carbocycles. The first-order chi connectivity index (χ1) is 8.86. The number of likely N-dealkylation sites (N-methyl/N-ethyl adjacent to an activating group) is 1. The molecule has 19 heavy (non-hydrogen) atoms. The summed E-state index contributed by atoms with van der Waals surface area (Å²) in [6, 6.07) is 0. The molecule has 108 valence electrons. The van der Waals surface area contributed by atoms with Crippen molar-refractivity contribution in [1.82, 2.24) is 14.9 Å². The summed E-state index contributed by atoms with van der Waals surface area (Å²) in [4.78, 5) is 10.7. The Kier molecular flexibility index (Phi) is 5.82. The van der Waals surface area contributed by atoms with Gasteiger partial charge in [0.1, 0.15) is 5.02 Å². The summed E-state index contributed by atoms with van der Waals surface area (Å²) in [5.74, 6) is 1.28. The van der Waals surface area contributed by atoms with E-state index in [1.807, 2.05) is 0 Å². The van der Waals surface area contributed by atoms with Crippen LogP contribution in [0, 0.1) is 0 Å². The lowest BCUT2D eigenvalue weighted by molar-refractivity contribution is 0.210. The summed E-state index contributed by atoms with van der Waals surface area (Å²) in [5, 5.41) is 6.98. The van der Waals surface area contributed by atoms with Gasteiger partial charge in [0.15, 0.2) is 5.82 Å². The molecule has 6 heteroatoms. The molecule has 2 N–H and O–H groups in total. The SMILES string of the molecule is CCCNc1ncc(Cl)c(NCC(C)(C)N(C)C)n1. The van der Waals surface area contributed by atoms with Crippen LogP contribution < -0.4 is 10.6 Å². The number of rotatable bonds is 7. The molecule has 0 aliphatic rings. The lowest BCUT2D eigenvalue weighted by Gasteiger charge is -2.32. The molecule has 1 rings (SSSR count). The summed E-state index contributed by atoms with van der Waals surface area (Å²) in [6.07, 6.45) is 2.65. The number of hydrogen-bond donors (Lipinski definition) is 2. The third kappa shape index (κ3) is 4.84. The van der Waals surface area contributed by atoms with Gasteiger partial charge in [0, 0.05) is 18.6 Å². The molecule has 0 saturated heterocycles. The highest BCUT2D eigenvalue weighted by molar-refractivity contribution is 6.32. The van der Waals surface area contributed by atoms with E-state index in [4.69, 9.17) is 11.6 Å². The van der Waals surface area contributed by atoms with Crippen molar-refractivity contribution in [3.8, 4) is 0 Å². The second-order valence-corrected chi connectivity index (χ2v) is 5.78. The van der Waals surface area contributed by atoms with Gasteiger partial charge in [-0.1, -0.05) is 18.5 Å². The molecule has 1 heterocycles. The molecule has 0 amide bonds. The van der Waals surface area contributed by atoms with E-state index in [1.165, 1.54) is 0 Å². The average molecular weight is 286 g/mol. The van der Waals surface area contributed by atoms with Crippen molar-refractivity contribution in [2.75, 3.05) is 37.8 Å². The first-order valence-electron chi connectivity index (χ1n) is 6.54. The molecular formula is C13H24ClN5. The Morgan fingerprint density at radius 2 is 2.00 bits per heavy atom. The fourth-order valence-electron chi connectivity index (χ4n) is 1.27. The third-order valence-electron chi connectivity index (χ3n) is 3.18. The highest BCUT2D eigenvalue weighted by Crippen LogP contribution is 2.21. The van der Waals surface area contributed by atoms with Gasteiger partial charge in [-0.15, -0.1) is 0 Å². The summed E-state index contributed by atoms with van der Waals surface area (Å²) in [5.41, 5.74) is 0.0191. The molecule has 5 nitrogen and oxygen atoms in total. The Hall–Kier alpha value is -1.07. The third-order valence-corrected chi connectivity index (χ3v) is 3.45. The van der Waals surface area contributed by atoms with E-state index in [-0.39, 0.29) is 5.54 Å². The fourth-order valence-corrected chi connectivity index (χ4v) is 1.43. The molecule has 0 aliphatic carbocycles. The first-order valence-corrected chi connectivity index (χ1v) is 6.92. The molecule has 0 atom stereocenters. The molecule has 0 unspecified atom stereocenters. The summed E-state index contributed by atoms with van der Waals surface area (Å²) >= 11 is 6.11. The number of halogens is 1. The van der Waals surface area contributed by atoms with Crippen molar-refractivity contribution in [2.24, 2.45) is 0 Å². The van der Waals surface area contributed by atoms with Gasteiger partial charge < -0.3 is 15.5 Å². The van der Waals surface area contributed by atoms with Gasteiger partial charge in [-0.3, -0.25) is 0 Å². The first kappa shape index (κ1) is 16.0. The van der Waals surface area contributed by atoms with E-state index in [9.17, 15) is 0 Å². The largest absolute Gasteiger partial charge is 0.367 e. The number of nitrogens with one attached hydrogen (secondary N) is 2. The zero-order valence-electron chi connectivity index (χ0n) is 12.4. The monoisotopic (exact) mass is 285 g/mol. The van der Waals surface area contributed by atoms with Gasteiger partial charge in [0.05, 0.1) is 6.20 Å². The van der Waals surface area contributed by atoms with Crippen LogP contribution in [0.2, 0.25) is 5.02 Å². The number of anilines is 2. The Labute approximate surface area is 120 Å². The van der Waals surface area contributed by atoms with Crippen molar-refractivity contribution in [2.45, 2.75) is 32.7 Å². The Morgan fingerprint density at radius 3 is 2.58 bits per heavy atom. The van der Waals surface area contributed by atoms with Crippen molar-refractivity contribution >= 4 is 23.4 Å². The second-order valence-electron chi connectivity index (χ2n) is 5.38. The van der Waals surface area contributed by atoms with Crippen LogP contribution >= 0.6 is 11.6 Å². The fraction of sp³-hybridized carbons (Fsp3) is 0.692. The standard InChI is InChI=1S/C13H24ClN5/c1-6-7-15-12-16-8-10(14)11(18-12)17-9-13(2,3)19(4)5/h8H,6-7,9H2,1-5H3,(H2,15,16,17,18). The molecule has 1 aromatic rings. The molecule has 0 radical (unpaired) electrons. The molecule has 0 fully saturated rings. The Balaban J connectivity index is 2.71. The second kappa shape index (κ2) is 6.91. The summed E-state index contributed by atoms with van der Waals surface area (Å²) in [6.45, 7) is 8.02. The maximum absolute atomic E-state index is 6.11. The minimum atomic E-state index is 0.0191. The summed E-state index contributed by atoms with van der Waals surface area (Å²) in [7, 11) is 4.11. The minimum absolute atomic E-state index is 0.0191. The van der Waals surface area contributed by atoms with Gasteiger partial charge in [0.25, 0.3) is 0 Å². The average Bonchev–Trinajstić information content (AvgIpc) is 2.36. The van der Waals surface area contributed by atoms with Crippen LogP contribution in [0.4, 0.5) is 11.8 Å². The number of nitrogens with zero attached hydrogens (tertiary/aromatic N) is 3. The predicted octanol–water partition coefficient (Wildman–Crippen LogP) is 2.70. The molecule has 0 aromatic carbocycles. The van der Waals surface area contributed by atoms with Gasteiger partial charge in [-0.05, 0) is 34.4 Å². The van der Waals surface area contributed by atoms with Crippen molar-refractivity contribution in [3.05, 3.63) is 11.2 Å². The van der Waals surface area contributed by atoms with Crippen LogP contribution in [0.1, 0.15) is 27.2 Å². The van der Waals surface area contributed by atoms with E-state index in [2.05, 4.69) is 60.4 Å². The van der Waals surface area contributed by atoms with Gasteiger partial charge in [-0.25, -0.2) is 4.98 Å². The summed E-state index contributed by atoms with van der Waals surface area (Å²) < 4.78 is 0. The van der Waals surface area contributed by atoms with Crippen LogP contribution in [-0.2, 0) is 0 Å². The number of hydrogen-bond acceptors (Lipinski definition) is 5. The lowest BCUT2D eigenvalue weighted by atomic mass is 10.0. The van der Waals surface area contributed by atoms with Crippen LogP contribution in [0.25, 0.3) is 0 Å². The van der Waals surface area contributed by atoms with Crippen molar-refractivity contribution < 1.29 is 0 Å². The maximum atomic E-state index is 6.11. The Morgan fingerprint density at radius 1 is 1.32 bits per heavy atom. The van der Waals surface area contributed by atoms with E-state index < -0.39 is 0 Å². The highest BCUT2D eigenvalue weighted by atomic mass is 35.5. The highest BCUT2D eigenvalue weighted by Gasteiger charge is 2.20. The molecule has 0 aliphatic heterocycles. The van der Waals surface area contributed by atoms with Crippen LogP contribution in [-0.4, -0.2) is 47.6 Å². The van der Waals surface area contributed by atoms with Gasteiger partial charge in [-0.2, -0.15) is 4.98 Å². The van der Waals surface area contributed by atoms with Crippen LogP contribution in [0.15, 0.2) is 6.20 Å². The van der Waals surface area contributed by atoms with Crippen molar-refractivity contribution in [3.63, 3.8) is 0 Å². The van der Waals surface area contributed by atoms with E-state index in [1.54, 1.807) is 6.20 Å². The predicted molar refractivity (Wildman–Crippen MR) is 82.1 cm³/mol. The van der Waals surface area contributed by atoms with E-state index in [0.29, 0.717) is 16.8 Å². The minimum Gasteiger partial charge on any atom is -0.367 e. The van der Waals surface area contributed by atoms with E-state index >= 15 is 0 Å². The molecule has 0 spiro atoms. The normalized spacial score (nSPS) is 11.7. The van der Waals surface area contributed by atoms with Crippen LogP contribution in [0.5, 0.6) is 0 Å². The maximum Gasteiger partial charge on any atom is 0.224 e. The van der Waals surface area contributed by atoms with Crippen LogP contribution in [0.3, 0.4) is 0 Å². The number of aromatic nitrogens is 2. The molecule has 1 aromatic heterocycles.